The molecule has 5 amide bonds. The lowest BCUT2D eigenvalue weighted by molar-refractivity contribution is -0.149. The zero-order valence-electron chi connectivity index (χ0n) is 38.2. The zero-order chi connectivity index (χ0) is 48.6. The minimum Gasteiger partial charge on any atom is -0.446 e. The molecule has 360 valence electrons. The molecule has 1 aromatic carbocycles. The molecule has 2 aliphatic rings. The van der Waals surface area contributed by atoms with Crippen molar-refractivity contribution in [2.75, 3.05) is 37.4 Å². The van der Waals surface area contributed by atoms with Crippen molar-refractivity contribution in [3.05, 3.63) is 52.6 Å². The number of rotatable bonds is 14. The van der Waals surface area contributed by atoms with Gasteiger partial charge in [-0.3, -0.25) is 19.5 Å². The van der Waals surface area contributed by atoms with Gasteiger partial charge in [-0.2, -0.15) is 13.8 Å². The summed E-state index contributed by atoms with van der Waals surface area (Å²) in [7, 11) is 1.37. The van der Waals surface area contributed by atoms with Crippen LogP contribution < -0.4 is 27.4 Å². The number of halogens is 2. The maximum absolute atomic E-state index is 16.1. The minimum atomic E-state index is -4.12. The standard InChI is InChI=1S/C42H60F2N8O13/c1-23(2)30(45)33(54)46-24(3)32(53)47-26-15-13-25(14-16-26)21-60-38(58)51-18-11-12-27(51)20-50(10)37(57)61-22-28-31(63-39(59)65-41(7,8)9)42(43,44)34(62-28)52-19-17-29(48-35(52)55)49-36(56)64-40(4,5)6/h13-17,19,23-24,27-28,30-31,34H,11-12,18,20-22,45H2,1-10H3,(H,46,54)(H,47,53)(H,48,49,55,56)/t24-,27+,28+,30-,31+,34+/m0/s1. The number of ether oxygens (including phenoxy) is 6. The van der Waals surface area contributed by atoms with Crippen LogP contribution in [0.2, 0.25) is 0 Å². The van der Waals surface area contributed by atoms with E-state index in [9.17, 15) is 33.6 Å². The second-order valence-electron chi connectivity index (χ2n) is 18.0. The first kappa shape index (κ1) is 51.5. The number of carbonyl (C=O) groups is 6. The molecule has 0 aliphatic carbocycles. The molecule has 2 aromatic rings. The van der Waals surface area contributed by atoms with Gasteiger partial charge >= 0.3 is 36.0 Å². The van der Waals surface area contributed by atoms with Crippen LogP contribution >= 0.6 is 0 Å². The summed E-state index contributed by atoms with van der Waals surface area (Å²) < 4.78 is 64.3. The second kappa shape index (κ2) is 21.3. The number of nitrogens with two attached hydrogens (primary N) is 1. The van der Waals surface area contributed by atoms with Gasteiger partial charge in [0.2, 0.25) is 24.1 Å². The van der Waals surface area contributed by atoms with Crippen molar-refractivity contribution in [1.29, 1.82) is 0 Å². The summed E-state index contributed by atoms with van der Waals surface area (Å²) in [5.74, 6) is -5.42. The maximum Gasteiger partial charge on any atom is 0.509 e. The molecule has 23 heteroatoms. The Hall–Kier alpha value is -6.10. The Morgan fingerprint density at radius 3 is 2.20 bits per heavy atom. The predicted octanol–water partition coefficient (Wildman–Crippen LogP) is 4.74. The van der Waals surface area contributed by atoms with Crippen LogP contribution in [-0.2, 0) is 44.6 Å². The molecule has 6 atom stereocenters. The molecule has 4 rings (SSSR count). The van der Waals surface area contributed by atoms with Gasteiger partial charge in [-0.1, -0.05) is 26.0 Å². The molecule has 1 aromatic heterocycles. The van der Waals surface area contributed by atoms with Crippen molar-refractivity contribution < 1.29 is 66.0 Å². The van der Waals surface area contributed by atoms with E-state index in [1.54, 1.807) is 58.9 Å². The highest BCUT2D eigenvalue weighted by Gasteiger charge is 2.63. The Balaban J connectivity index is 1.34. The molecule has 0 bridgehead atoms. The smallest absolute Gasteiger partial charge is 0.446 e. The van der Waals surface area contributed by atoms with Gasteiger partial charge in [0.25, 0.3) is 0 Å². The van der Waals surface area contributed by atoms with Gasteiger partial charge in [-0.05, 0) is 91.0 Å². The molecule has 2 saturated heterocycles. The van der Waals surface area contributed by atoms with E-state index in [0.29, 0.717) is 35.2 Å². The number of alkyl halides is 2. The molecule has 2 fully saturated rings. The SMILES string of the molecule is CC(C)[C@H](N)C(=O)N[C@@H](C)C(=O)Nc1ccc(COC(=O)N2CCC[C@@H]2CN(C)C(=O)OC[C@H]2O[C@@H](n3ccc(NC(=O)OC(C)(C)C)nc3=O)C(F)(F)[C@@H]2OC(=O)OC(C)(C)C)cc1. The minimum absolute atomic E-state index is 0.0303. The van der Waals surface area contributed by atoms with Gasteiger partial charge in [0.1, 0.15) is 42.4 Å². The zero-order valence-corrected chi connectivity index (χ0v) is 38.2. The highest BCUT2D eigenvalue weighted by molar-refractivity contribution is 5.97. The van der Waals surface area contributed by atoms with E-state index in [4.69, 9.17) is 34.2 Å². The van der Waals surface area contributed by atoms with Gasteiger partial charge in [-0.25, -0.2) is 24.0 Å². The number of nitrogens with zero attached hydrogens (tertiary/aromatic N) is 4. The van der Waals surface area contributed by atoms with Crippen molar-refractivity contribution >= 4 is 47.8 Å². The average molecular weight is 923 g/mol. The van der Waals surface area contributed by atoms with Crippen LogP contribution in [0.15, 0.2) is 41.3 Å². The number of likely N-dealkylation sites (N-methyl/N-ethyl adjacent to an activating group) is 1. The fourth-order valence-corrected chi connectivity index (χ4v) is 6.46. The van der Waals surface area contributed by atoms with Gasteiger partial charge in [0, 0.05) is 32.0 Å². The Kier molecular flexibility index (Phi) is 16.9. The number of likely N-dealkylation sites (tertiary alicyclic amines) is 1. The highest BCUT2D eigenvalue weighted by atomic mass is 19.3. The van der Waals surface area contributed by atoms with Crippen LogP contribution in [0.3, 0.4) is 0 Å². The second-order valence-corrected chi connectivity index (χ2v) is 18.0. The van der Waals surface area contributed by atoms with E-state index >= 15 is 8.78 Å². The van der Waals surface area contributed by atoms with E-state index in [1.165, 1.54) is 39.6 Å². The van der Waals surface area contributed by atoms with Crippen LogP contribution in [0.25, 0.3) is 0 Å². The number of benzene rings is 1. The van der Waals surface area contributed by atoms with Gasteiger partial charge < -0.3 is 54.6 Å². The van der Waals surface area contributed by atoms with Crippen molar-refractivity contribution in [3.63, 3.8) is 0 Å². The predicted molar refractivity (Wildman–Crippen MR) is 228 cm³/mol. The molecule has 5 N–H and O–H groups in total. The van der Waals surface area contributed by atoms with Crippen LogP contribution in [0.1, 0.15) is 86.9 Å². The fourth-order valence-electron chi connectivity index (χ4n) is 6.46. The summed E-state index contributed by atoms with van der Waals surface area (Å²) in [5, 5.41) is 7.53. The summed E-state index contributed by atoms with van der Waals surface area (Å²) >= 11 is 0. The third-order valence-corrected chi connectivity index (χ3v) is 9.81. The summed E-state index contributed by atoms with van der Waals surface area (Å²) in [6.07, 6.45) is -8.71. The molecule has 0 radical (unpaired) electrons. The molecular weight excluding hydrogens is 863 g/mol. The molecular formula is C42H60F2N8O13. The van der Waals surface area contributed by atoms with Gasteiger partial charge in [0.05, 0.1) is 12.1 Å². The number of hydrogen-bond donors (Lipinski definition) is 4. The van der Waals surface area contributed by atoms with Crippen LogP contribution in [0, 0.1) is 5.92 Å². The van der Waals surface area contributed by atoms with Crippen molar-refractivity contribution in [2.45, 2.75) is 135 Å². The number of aromatic nitrogens is 2. The Bertz CT molecular complexity index is 2090. The van der Waals surface area contributed by atoms with Gasteiger partial charge in [-0.15, -0.1) is 0 Å². The number of amides is 5. The Morgan fingerprint density at radius 2 is 1.60 bits per heavy atom. The first-order valence-corrected chi connectivity index (χ1v) is 20.9. The molecule has 21 nitrogen and oxygen atoms in total. The summed E-state index contributed by atoms with van der Waals surface area (Å²) in [6, 6.07) is 5.48. The molecule has 3 heterocycles. The first-order valence-electron chi connectivity index (χ1n) is 20.9. The summed E-state index contributed by atoms with van der Waals surface area (Å²) in [4.78, 5) is 95.3. The largest absolute Gasteiger partial charge is 0.509 e. The number of carbonyl (C=O) groups excluding carboxylic acids is 6. The van der Waals surface area contributed by atoms with Crippen molar-refractivity contribution in [2.24, 2.45) is 11.7 Å². The number of anilines is 2. The fraction of sp³-hybridized carbons (Fsp3) is 0.619. The quantitative estimate of drug-likeness (QED) is 0.147. The van der Waals surface area contributed by atoms with E-state index < -0.39 is 102 Å². The van der Waals surface area contributed by atoms with E-state index in [1.807, 2.05) is 0 Å². The lowest BCUT2D eigenvalue weighted by Gasteiger charge is -2.28. The topological polar surface area (TPSA) is 261 Å². The Morgan fingerprint density at radius 1 is 0.954 bits per heavy atom. The monoisotopic (exact) mass is 922 g/mol. The first-order chi connectivity index (χ1) is 30.1. The lowest BCUT2D eigenvalue weighted by Crippen LogP contribution is -2.50. The van der Waals surface area contributed by atoms with Crippen molar-refractivity contribution in [3.8, 4) is 0 Å². The van der Waals surface area contributed by atoms with Gasteiger partial charge in [0.15, 0.2) is 0 Å². The van der Waals surface area contributed by atoms with E-state index in [0.717, 1.165) is 17.2 Å². The molecule has 0 saturated carbocycles. The van der Waals surface area contributed by atoms with Crippen LogP contribution in [-0.4, -0.2) is 130 Å². The van der Waals surface area contributed by atoms with E-state index in [-0.39, 0.29) is 24.9 Å². The number of hydrogen-bond acceptors (Lipinski definition) is 15. The van der Waals surface area contributed by atoms with Crippen LogP contribution in [0.5, 0.6) is 0 Å². The van der Waals surface area contributed by atoms with Crippen molar-refractivity contribution in [1.82, 2.24) is 24.7 Å². The lowest BCUT2D eigenvalue weighted by atomic mass is 10.0. The summed E-state index contributed by atoms with van der Waals surface area (Å²) in [5.41, 5.74) is 3.63. The van der Waals surface area contributed by atoms with E-state index in [2.05, 4.69) is 20.9 Å². The summed E-state index contributed by atoms with van der Waals surface area (Å²) in [6.45, 7) is 13.7. The molecule has 2 aliphatic heterocycles. The Labute approximate surface area is 374 Å². The molecule has 65 heavy (non-hydrogen) atoms. The molecule has 0 spiro atoms. The molecule has 0 unspecified atom stereocenters. The average Bonchev–Trinajstić information content (AvgIpc) is 3.75. The normalized spacial score (nSPS) is 20.2. The van der Waals surface area contributed by atoms with Crippen LogP contribution in [0.4, 0.5) is 39.5 Å². The third kappa shape index (κ3) is 14.7. The highest BCUT2D eigenvalue weighted by Crippen LogP contribution is 2.44. The third-order valence-electron chi connectivity index (χ3n) is 9.81. The maximum atomic E-state index is 16.1. The number of nitrogens with one attached hydrogen (secondary N) is 3.